The van der Waals surface area contributed by atoms with Gasteiger partial charge in [-0.1, -0.05) is 6.07 Å². The fourth-order valence-electron chi connectivity index (χ4n) is 3.47. The molecule has 28 heavy (non-hydrogen) atoms. The number of hydrogen-bond acceptors (Lipinski definition) is 5. The minimum absolute atomic E-state index is 0.00872. The highest BCUT2D eigenvalue weighted by atomic mass is 16.5. The van der Waals surface area contributed by atoms with E-state index in [-0.39, 0.29) is 17.6 Å². The van der Waals surface area contributed by atoms with Crippen LogP contribution >= 0.6 is 0 Å². The van der Waals surface area contributed by atoms with E-state index in [0.29, 0.717) is 36.2 Å². The Morgan fingerprint density at radius 1 is 1.25 bits per heavy atom. The molecule has 4 rings (SSSR count). The van der Waals surface area contributed by atoms with Crippen molar-refractivity contribution in [2.75, 3.05) is 13.1 Å². The summed E-state index contributed by atoms with van der Waals surface area (Å²) in [7, 11) is 1.66. The highest BCUT2D eigenvalue weighted by molar-refractivity contribution is 5.97. The lowest BCUT2D eigenvalue weighted by Crippen LogP contribution is -2.43. The van der Waals surface area contributed by atoms with Crippen molar-refractivity contribution in [1.82, 2.24) is 19.4 Å². The molecular weight excluding hydrogens is 356 g/mol. The smallest absolute Gasteiger partial charge is 0.260 e. The number of likely N-dealkylation sites (tertiary alicyclic amines) is 1. The molecule has 0 aliphatic carbocycles. The zero-order valence-electron chi connectivity index (χ0n) is 15.7. The van der Waals surface area contributed by atoms with E-state index in [1.54, 1.807) is 31.4 Å². The molecule has 3 aromatic rings. The monoisotopic (exact) mass is 378 g/mol. The normalized spacial score (nSPS) is 17.0. The van der Waals surface area contributed by atoms with Gasteiger partial charge in [0.2, 0.25) is 0 Å². The van der Waals surface area contributed by atoms with Gasteiger partial charge >= 0.3 is 0 Å². The van der Waals surface area contributed by atoms with Crippen LogP contribution in [0.15, 0.2) is 53.7 Å². The number of carbonyl (C=O) groups is 1. The van der Waals surface area contributed by atoms with E-state index >= 15 is 0 Å². The summed E-state index contributed by atoms with van der Waals surface area (Å²) in [6.45, 7) is 1.69. The van der Waals surface area contributed by atoms with Gasteiger partial charge in [0.1, 0.15) is 0 Å². The molecule has 1 aliphatic heterocycles. The van der Waals surface area contributed by atoms with Crippen LogP contribution in [0, 0.1) is 0 Å². The van der Waals surface area contributed by atoms with Crippen molar-refractivity contribution in [3.05, 3.63) is 70.5 Å². The van der Waals surface area contributed by atoms with Gasteiger partial charge in [0.15, 0.2) is 0 Å². The molecule has 0 N–H and O–H groups in total. The summed E-state index contributed by atoms with van der Waals surface area (Å²) in [6, 6.07) is 10.8. The molecule has 0 saturated carbocycles. The molecule has 0 radical (unpaired) electrons. The first kappa shape index (κ1) is 18.3. The fraction of sp³-hybridized carbons (Fsp3) is 0.333. The predicted octanol–water partition coefficient (Wildman–Crippen LogP) is 2.15. The summed E-state index contributed by atoms with van der Waals surface area (Å²) < 4.78 is 7.40. The molecule has 1 aliphatic rings. The number of hydrogen-bond donors (Lipinski definition) is 0. The Morgan fingerprint density at radius 2 is 2.14 bits per heavy atom. The highest BCUT2D eigenvalue weighted by Gasteiger charge is 2.25. The van der Waals surface area contributed by atoms with E-state index in [2.05, 4.69) is 9.97 Å². The Balaban J connectivity index is 1.46. The Kier molecular flexibility index (Phi) is 5.16. The van der Waals surface area contributed by atoms with Crippen LogP contribution in [0.4, 0.5) is 0 Å². The molecule has 1 amide bonds. The zero-order valence-corrected chi connectivity index (χ0v) is 15.7. The summed E-state index contributed by atoms with van der Waals surface area (Å²) in [6.07, 6.45) is 5.03. The molecule has 7 nitrogen and oxygen atoms in total. The third-order valence-electron chi connectivity index (χ3n) is 5.02. The first-order chi connectivity index (χ1) is 13.6. The van der Waals surface area contributed by atoms with Crippen molar-refractivity contribution in [3.63, 3.8) is 0 Å². The van der Waals surface area contributed by atoms with Crippen LogP contribution < -0.4 is 5.56 Å². The number of carbonyl (C=O) groups excluding carboxylic acids is 1. The Labute approximate surface area is 162 Å². The van der Waals surface area contributed by atoms with E-state index < -0.39 is 0 Å². The summed E-state index contributed by atoms with van der Waals surface area (Å²) in [4.78, 5) is 35.5. The number of rotatable bonds is 4. The van der Waals surface area contributed by atoms with Gasteiger partial charge in [-0.05, 0) is 43.2 Å². The maximum absolute atomic E-state index is 13.0. The predicted molar refractivity (Wildman–Crippen MR) is 105 cm³/mol. The van der Waals surface area contributed by atoms with Crippen molar-refractivity contribution in [2.24, 2.45) is 7.05 Å². The molecule has 0 bridgehead atoms. The minimum atomic E-state index is -0.120. The van der Waals surface area contributed by atoms with Gasteiger partial charge in [0, 0.05) is 31.9 Å². The summed E-state index contributed by atoms with van der Waals surface area (Å²) >= 11 is 0. The van der Waals surface area contributed by atoms with Gasteiger partial charge in [-0.2, -0.15) is 0 Å². The maximum atomic E-state index is 13.0. The van der Waals surface area contributed by atoms with Crippen LogP contribution in [0.5, 0.6) is 0 Å². The zero-order chi connectivity index (χ0) is 19.5. The number of aromatic nitrogens is 3. The van der Waals surface area contributed by atoms with E-state index in [9.17, 15) is 9.59 Å². The molecule has 1 saturated heterocycles. The van der Waals surface area contributed by atoms with Crippen LogP contribution in [0.1, 0.15) is 28.9 Å². The number of aryl methyl sites for hydroxylation is 1. The van der Waals surface area contributed by atoms with E-state index in [1.807, 2.05) is 23.1 Å². The number of benzene rings is 1. The average Bonchev–Trinajstić information content (AvgIpc) is 2.75. The molecule has 1 fully saturated rings. The van der Waals surface area contributed by atoms with Crippen molar-refractivity contribution in [2.45, 2.75) is 25.6 Å². The first-order valence-corrected chi connectivity index (χ1v) is 9.38. The summed E-state index contributed by atoms with van der Waals surface area (Å²) in [5.74, 6) is -0.0597. The van der Waals surface area contributed by atoms with E-state index in [0.717, 1.165) is 18.5 Å². The van der Waals surface area contributed by atoms with Crippen LogP contribution in [-0.2, 0) is 18.4 Å². The quantitative estimate of drug-likeness (QED) is 0.695. The number of piperidine rings is 1. The largest absolute Gasteiger partial charge is 0.370 e. The molecule has 1 unspecified atom stereocenters. The van der Waals surface area contributed by atoms with Crippen LogP contribution in [0.25, 0.3) is 10.9 Å². The maximum Gasteiger partial charge on any atom is 0.260 e. The lowest BCUT2D eigenvalue weighted by atomic mass is 10.1. The molecule has 0 spiro atoms. The first-order valence-electron chi connectivity index (χ1n) is 9.38. The average molecular weight is 378 g/mol. The number of ether oxygens (including phenoxy) is 1. The van der Waals surface area contributed by atoms with Gasteiger partial charge in [-0.3, -0.25) is 14.6 Å². The van der Waals surface area contributed by atoms with Crippen molar-refractivity contribution >= 4 is 16.8 Å². The van der Waals surface area contributed by atoms with Gasteiger partial charge < -0.3 is 14.2 Å². The number of fused-ring (bicyclic) bond motifs is 1. The molecule has 7 heteroatoms. The van der Waals surface area contributed by atoms with Crippen molar-refractivity contribution in [1.29, 1.82) is 0 Å². The molecule has 1 atom stereocenters. The van der Waals surface area contributed by atoms with Gasteiger partial charge in [-0.25, -0.2) is 4.98 Å². The second-order valence-corrected chi connectivity index (χ2v) is 7.04. The third-order valence-corrected chi connectivity index (χ3v) is 5.02. The van der Waals surface area contributed by atoms with Gasteiger partial charge in [-0.15, -0.1) is 0 Å². The van der Waals surface area contributed by atoms with Crippen LogP contribution in [0.2, 0.25) is 0 Å². The Hall–Kier alpha value is -3.06. The summed E-state index contributed by atoms with van der Waals surface area (Å²) in [5.41, 5.74) is 1.84. The topological polar surface area (TPSA) is 77.3 Å². The SMILES string of the molecule is Cn1cnc2cc(C(=O)N3CCCC(OCc4ccccn4)C3)ccc2c1=O. The number of amides is 1. The molecule has 2 aromatic heterocycles. The lowest BCUT2D eigenvalue weighted by molar-refractivity contribution is -0.00784. The Bertz CT molecular complexity index is 1050. The van der Waals surface area contributed by atoms with Crippen LogP contribution in [0.3, 0.4) is 0 Å². The van der Waals surface area contributed by atoms with Gasteiger partial charge in [0.25, 0.3) is 11.5 Å². The molecule has 3 heterocycles. The number of pyridine rings is 1. The van der Waals surface area contributed by atoms with Crippen molar-refractivity contribution < 1.29 is 9.53 Å². The number of nitrogens with zero attached hydrogens (tertiary/aromatic N) is 4. The van der Waals surface area contributed by atoms with Crippen molar-refractivity contribution in [3.8, 4) is 0 Å². The molecule has 144 valence electrons. The van der Waals surface area contributed by atoms with Gasteiger partial charge in [0.05, 0.1) is 35.6 Å². The molecule has 1 aromatic carbocycles. The standard InChI is InChI=1S/C21H22N4O3/c1-24-14-23-19-11-15(7-8-18(19)21(24)27)20(26)25-10-4-6-17(12-25)28-13-16-5-2-3-9-22-16/h2-3,5,7-9,11,14,17H,4,6,10,12-13H2,1H3. The second-order valence-electron chi connectivity index (χ2n) is 7.04. The van der Waals surface area contributed by atoms with Crippen LogP contribution in [-0.4, -0.2) is 44.5 Å². The highest BCUT2D eigenvalue weighted by Crippen LogP contribution is 2.19. The Morgan fingerprint density at radius 3 is 2.96 bits per heavy atom. The third kappa shape index (κ3) is 3.80. The second kappa shape index (κ2) is 7.90. The van der Waals surface area contributed by atoms with E-state index in [1.165, 1.54) is 10.9 Å². The molecular formula is C21H22N4O3. The van der Waals surface area contributed by atoms with E-state index in [4.69, 9.17) is 4.74 Å². The summed E-state index contributed by atoms with van der Waals surface area (Å²) in [5, 5.41) is 0.511. The lowest BCUT2D eigenvalue weighted by Gasteiger charge is -2.32. The minimum Gasteiger partial charge on any atom is -0.370 e. The fourth-order valence-corrected chi connectivity index (χ4v) is 3.47.